The van der Waals surface area contributed by atoms with Gasteiger partial charge in [0.1, 0.15) is 0 Å². The van der Waals surface area contributed by atoms with Crippen molar-refractivity contribution in [3.05, 3.63) is 58.1 Å². The van der Waals surface area contributed by atoms with E-state index in [-0.39, 0.29) is 0 Å². The van der Waals surface area contributed by atoms with E-state index in [4.69, 9.17) is 4.52 Å². The van der Waals surface area contributed by atoms with E-state index < -0.39 is 0 Å². The number of rotatable bonds is 2. The third kappa shape index (κ3) is 2.51. The summed E-state index contributed by atoms with van der Waals surface area (Å²) in [6, 6.07) is 14.0. The highest BCUT2D eigenvalue weighted by Crippen LogP contribution is 2.26. The monoisotopic (exact) mass is 328 g/mol. The molecule has 0 amide bonds. The molecule has 0 unspecified atom stereocenters. The van der Waals surface area contributed by atoms with Crippen molar-refractivity contribution in [2.75, 3.05) is 0 Å². The zero-order chi connectivity index (χ0) is 14.1. The van der Waals surface area contributed by atoms with Gasteiger partial charge < -0.3 is 4.52 Å². The summed E-state index contributed by atoms with van der Waals surface area (Å²) in [6.07, 6.45) is 0. The van der Waals surface area contributed by atoms with Crippen molar-refractivity contribution in [1.29, 1.82) is 0 Å². The van der Waals surface area contributed by atoms with Gasteiger partial charge >= 0.3 is 0 Å². The molecule has 1 aromatic heterocycles. The zero-order valence-electron chi connectivity index (χ0n) is 11.2. The second kappa shape index (κ2) is 5.21. The number of nitrogens with zero attached hydrogens (tertiary/aromatic N) is 2. The molecule has 3 nitrogen and oxygen atoms in total. The lowest BCUT2D eigenvalue weighted by molar-refractivity contribution is 0.432. The molecule has 0 aliphatic carbocycles. The maximum absolute atomic E-state index is 5.40. The fourth-order valence-electron chi connectivity index (χ4n) is 2.02. The first-order valence-corrected chi connectivity index (χ1v) is 7.10. The van der Waals surface area contributed by atoms with Gasteiger partial charge in [-0.2, -0.15) is 4.98 Å². The van der Waals surface area contributed by atoms with Crippen LogP contribution in [0.5, 0.6) is 0 Å². The Hall–Kier alpha value is -1.94. The summed E-state index contributed by atoms with van der Waals surface area (Å²) in [4.78, 5) is 4.49. The maximum Gasteiger partial charge on any atom is 0.258 e. The van der Waals surface area contributed by atoms with Crippen LogP contribution in [0.25, 0.3) is 22.8 Å². The highest BCUT2D eigenvalue weighted by molar-refractivity contribution is 9.10. The van der Waals surface area contributed by atoms with Gasteiger partial charge in [-0.3, -0.25) is 0 Å². The fraction of sp³-hybridized carbons (Fsp3) is 0.125. The average molecular weight is 329 g/mol. The summed E-state index contributed by atoms with van der Waals surface area (Å²) in [5.41, 5.74) is 4.23. The van der Waals surface area contributed by atoms with Crippen molar-refractivity contribution in [2.45, 2.75) is 13.8 Å². The van der Waals surface area contributed by atoms with Crippen molar-refractivity contribution >= 4 is 15.9 Å². The molecule has 2 aromatic carbocycles. The van der Waals surface area contributed by atoms with Gasteiger partial charge in [-0.05, 0) is 49.7 Å². The van der Waals surface area contributed by atoms with Crippen LogP contribution in [-0.2, 0) is 0 Å². The molecule has 0 N–H and O–H groups in total. The van der Waals surface area contributed by atoms with E-state index >= 15 is 0 Å². The summed E-state index contributed by atoms with van der Waals surface area (Å²) in [5, 5.41) is 4.06. The zero-order valence-corrected chi connectivity index (χ0v) is 12.8. The number of hydrogen-bond acceptors (Lipinski definition) is 3. The van der Waals surface area contributed by atoms with Gasteiger partial charge in [0.05, 0.1) is 0 Å². The maximum atomic E-state index is 5.40. The third-order valence-corrected chi connectivity index (χ3v) is 3.68. The Labute approximate surface area is 125 Å². The fourth-order valence-corrected chi connectivity index (χ4v) is 2.28. The molecule has 20 heavy (non-hydrogen) atoms. The summed E-state index contributed by atoms with van der Waals surface area (Å²) in [5.74, 6) is 1.16. The Balaban J connectivity index is 2.01. The van der Waals surface area contributed by atoms with Crippen molar-refractivity contribution in [3.63, 3.8) is 0 Å². The summed E-state index contributed by atoms with van der Waals surface area (Å²) < 4.78 is 6.43. The molecule has 0 fully saturated rings. The predicted molar refractivity (Wildman–Crippen MR) is 82.3 cm³/mol. The SMILES string of the molecule is Cc1ccc(C)c(-c2nc(-c3ccc(Br)cc3)no2)c1. The van der Waals surface area contributed by atoms with Crippen LogP contribution < -0.4 is 0 Å². The van der Waals surface area contributed by atoms with Gasteiger partial charge in [-0.1, -0.05) is 38.8 Å². The number of benzene rings is 2. The van der Waals surface area contributed by atoms with Gasteiger partial charge in [-0.15, -0.1) is 0 Å². The molecule has 3 aromatic rings. The largest absolute Gasteiger partial charge is 0.334 e. The van der Waals surface area contributed by atoms with Gasteiger partial charge in [0, 0.05) is 15.6 Å². The van der Waals surface area contributed by atoms with Crippen LogP contribution in [-0.4, -0.2) is 10.1 Å². The number of halogens is 1. The number of aryl methyl sites for hydroxylation is 2. The highest BCUT2D eigenvalue weighted by Gasteiger charge is 2.12. The molecule has 100 valence electrons. The summed E-state index contributed by atoms with van der Waals surface area (Å²) >= 11 is 3.41. The second-order valence-corrected chi connectivity index (χ2v) is 5.66. The molecular formula is C16H13BrN2O. The Morgan fingerprint density at radius 2 is 1.75 bits per heavy atom. The molecule has 0 aliphatic heterocycles. The number of hydrogen-bond donors (Lipinski definition) is 0. The first kappa shape index (κ1) is 13.1. The molecule has 0 atom stereocenters. The lowest BCUT2D eigenvalue weighted by Crippen LogP contribution is -1.85. The van der Waals surface area contributed by atoms with E-state index in [2.05, 4.69) is 51.2 Å². The first-order valence-electron chi connectivity index (χ1n) is 6.31. The summed E-state index contributed by atoms with van der Waals surface area (Å²) in [6.45, 7) is 4.09. The van der Waals surface area contributed by atoms with Gasteiger partial charge in [-0.25, -0.2) is 0 Å². The van der Waals surface area contributed by atoms with Crippen LogP contribution in [0.3, 0.4) is 0 Å². The van der Waals surface area contributed by atoms with Crippen molar-refractivity contribution in [3.8, 4) is 22.8 Å². The Morgan fingerprint density at radius 3 is 2.50 bits per heavy atom. The lowest BCUT2D eigenvalue weighted by Gasteiger charge is -2.01. The molecule has 0 aliphatic rings. The molecular weight excluding hydrogens is 316 g/mol. The van der Waals surface area contributed by atoms with Gasteiger partial charge in [0.25, 0.3) is 5.89 Å². The molecule has 0 saturated carbocycles. The third-order valence-electron chi connectivity index (χ3n) is 3.15. The average Bonchev–Trinajstić information content (AvgIpc) is 2.92. The van der Waals surface area contributed by atoms with Crippen molar-refractivity contribution in [2.24, 2.45) is 0 Å². The van der Waals surface area contributed by atoms with E-state index in [9.17, 15) is 0 Å². The minimum Gasteiger partial charge on any atom is -0.334 e. The Bertz CT molecular complexity index is 747. The first-order chi connectivity index (χ1) is 9.63. The Morgan fingerprint density at radius 1 is 1.00 bits per heavy atom. The lowest BCUT2D eigenvalue weighted by atomic mass is 10.1. The molecule has 0 saturated heterocycles. The molecule has 0 bridgehead atoms. The smallest absolute Gasteiger partial charge is 0.258 e. The minimum atomic E-state index is 0.559. The van der Waals surface area contributed by atoms with E-state index in [0.29, 0.717) is 11.7 Å². The molecule has 4 heteroatoms. The van der Waals surface area contributed by atoms with E-state index in [1.807, 2.05) is 31.2 Å². The number of aromatic nitrogens is 2. The minimum absolute atomic E-state index is 0.559. The van der Waals surface area contributed by atoms with Crippen LogP contribution >= 0.6 is 15.9 Å². The van der Waals surface area contributed by atoms with Crippen LogP contribution in [0.15, 0.2) is 51.5 Å². The summed E-state index contributed by atoms with van der Waals surface area (Å²) in [7, 11) is 0. The van der Waals surface area contributed by atoms with Crippen LogP contribution in [0.2, 0.25) is 0 Å². The highest BCUT2D eigenvalue weighted by atomic mass is 79.9. The Kier molecular flexibility index (Phi) is 3.40. The van der Waals surface area contributed by atoms with Gasteiger partial charge in [0.15, 0.2) is 0 Å². The predicted octanol–water partition coefficient (Wildman–Crippen LogP) is 4.78. The standard InChI is InChI=1S/C16H13BrN2O/c1-10-3-4-11(2)14(9-10)16-18-15(19-20-16)12-5-7-13(17)8-6-12/h3-9H,1-2H3. The quantitative estimate of drug-likeness (QED) is 0.679. The van der Waals surface area contributed by atoms with E-state index in [1.54, 1.807) is 0 Å². The van der Waals surface area contributed by atoms with Crippen LogP contribution in [0, 0.1) is 13.8 Å². The second-order valence-electron chi connectivity index (χ2n) is 4.75. The van der Waals surface area contributed by atoms with Crippen LogP contribution in [0.4, 0.5) is 0 Å². The van der Waals surface area contributed by atoms with Crippen molar-refractivity contribution < 1.29 is 4.52 Å². The molecule has 0 spiro atoms. The normalized spacial score (nSPS) is 10.8. The molecule has 1 heterocycles. The van der Waals surface area contributed by atoms with Gasteiger partial charge in [0.2, 0.25) is 5.82 Å². The molecule has 3 rings (SSSR count). The van der Waals surface area contributed by atoms with E-state index in [0.717, 1.165) is 21.2 Å². The topological polar surface area (TPSA) is 38.9 Å². The van der Waals surface area contributed by atoms with E-state index in [1.165, 1.54) is 5.56 Å². The van der Waals surface area contributed by atoms with Crippen molar-refractivity contribution in [1.82, 2.24) is 10.1 Å². The molecule has 0 radical (unpaired) electrons. The van der Waals surface area contributed by atoms with Crippen LogP contribution in [0.1, 0.15) is 11.1 Å².